The molecular weight excluding hydrogens is 226 g/mol. The zero-order valence-corrected chi connectivity index (χ0v) is 10.7. The molecule has 2 unspecified atom stereocenters. The van der Waals surface area contributed by atoms with Crippen LogP contribution in [0.15, 0.2) is 29.3 Å². The lowest BCUT2D eigenvalue weighted by atomic mass is 9.72. The van der Waals surface area contributed by atoms with Crippen LogP contribution in [0.4, 0.5) is 0 Å². The molecule has 1 aliphatic heterocycles. The monoisotopic (exact) mass is 243 g/mol. The van der Waals surface area contributed by atoms with E-state index in [0.717, 1.165) is 18.4 Å². The van der Waals surface area contributed by atoms with Crippen molar-refractivity contribution in [2.45, 2.75) is 31.2 Å². The standard InChI is InChI=1S/C14H17N3O/c1-9-7-8-14(11-6-4-3-5-10(9)11)12(18)16-13(15-2)17-14/h3-6,9H,7-8H2,1-2H3,(H2,15,16,17,18). The minimum absolute atomic E-state index is 0.0162. The van der Waals surface area contributed by atoms with E-state index in [2.05, 4.69) is 34.7 Å². The second-order valence-corrected chi connectivity index (χ2v) is 5.08. The van der Waals surface area contributed by atoms with Gasteiger partial charge in [-0.05, 0) is 29.9 Å². The van der Waals surface area contributed by atoms with Crippen LogP contribution in [0.1, 0.15) is 36.8 Å². The van der Waals surface area contributed by atoms with Gasteiger partial charge in [-0.1, -0.05) is 31.2 Å². The van der Waals surface area contributed by atoms with Crippen LogP contribution in [0.2, 0.25) is 0 Å². The van der Waals surface area contributed by atoms with Crippen molar-refractivity contribution in [1.82, 2.24) is 10.6 Å². The van der Waals surface area contributed by atoms with E-state index in [0.29, 0.717) is 11.9 Å². The summed E-state index contributed by atoms with van der Waals surface area (Å²) in [7, 11) is 1.68. The van der Waals surface area contributed by atoms with Crippen LogP contribution in [0.3, 0.4) is 0 Å². The lowest BCUT2D eigenvalue weighted by Crippen LogP contribution is -2.46. The number of rotatable bonds is 0. The molecule has 1 aromatic carbocycles. The Hall–Kier alpha value is -1.84. The average molecular weight is 243 g/mol. The third-order valence-electron chi connectivity index (χ3n) is 4.08. The molecule has 2 N–H and O–H groups in total. The predicted octanol–water partition coefficient (Wildman–Crippen LogP) is 1.48. The van der Waals surface area contributed by atoms with Crippen molar-refractivity contribution >= 4 is 11.9 Å². The van der Waals surface area contributed by atoms with Crippen molar-refractivity contribution in [2.24, 2.45) is 4.99 Å². The van der Waals surface area contributed by atoms with Gasteiger partial charge in [-0.3, -0.25) is 15.1 Å². The number of hydrogen-bond acceptors (Lipinski definition) is 2. The maximum absolute atomic E-state index is 12.3. The van der Waals surface area contributed by atoms with Gasteiger partial charge in [0, 0.05) is 7.05 Å². The highest BCUT2D eigenvalue weighted by Gasteiger charge is 2.49. The first-order valence-corrected chi connectivity index (χ1v) is 6.33. The van der Waals surface area contributed by atoms with Crippen LogP contribution < -0.4 is 10.6 Å². The molecule has 4 nitrogen and oxygen atoms in total. The van der Waals surface area contributed by atoms with Crippen molar-refractivity contribution in [2.75, 3.05) is 7.05 Å². The van der Waals surface area contributed by atoms with Gasteiger partial charge in [0.15, 0.2) is 5.96 Å². The molecule has 0 saturated carbocycles. The van der Waals surface area contributed by atoms with Gasteiger partial charge >= 0.3 is 0 Å². The largest absolute Gasteiger partial charge is 0.338 e. The van der Waals surface area contributed by atoms with E-state index in [-0.39, 0.29) is 5.91 Å². The summed E-state index contributed by atoms with van der Waals surface area (Å²) in [6.07, 6.45) is 1.82. The summed E-state index contributed by atoms with van der Waals surface area (Å²) in [4.78, 5) is 16.4. The smallest absolute Gasteiger partial charge is 0.257 e. The number of benzene rings is 1. The van der Waals surface area contributed by atoms with Crippen molar-refractivity contribution in [1.29, 1.82) is 0 Å². The Bertz CT molecular complexity index is 538. The lowest BCUT2D eigenvalue weighted by molar-refractivity contribution is -0.124. The van der Waals surface area contributed by atoms with E-state index >= 15 is 0 Å². The van der Waals surface area contributed by atoms with Gasteiger partial charge in [0.2, 0.25) is 0 Å². The van der Waals surface area contributed by atoms with Gasteiger partial charge in [-0.2, -0.15) is 0 Å². The normalized spacial score (nSPS) is 32.2. The van der Waals surface area contributed by atoms with E-state index in [1.54, 1.807) is 7.05 Å². The Balaban J connectivity index is 2.15. The molecule has 1 saturated heterocycles. The highest BCUT2D eigenvalue weighted by atomic mass is 16.2. The van der Waals surface area contributed by atoms with Gasteiger partial charge in [-0.25, -0.2) is 0 Å². The topological polar surface area (TPSA) is 53.5 Å². The zero-order valence-electron chi connectivity index (χ0n) is 10.7. The Morgan fingerprint density at radius 2 is 2.17 bits per heavy atom. The Morgan fingerprint density at radius 1 is 1.39 bits per heavy atom. The van der Waals surface area contributed by atoms with Crippen molar-refractivity contribution < 1.29 is 4.79 Å². The quantitative estimate of drug-likeness (QED) is 0.725. The highest BCUT2D eigenvalue weighted by molar-refractivity contribution is 6.09. The van der Waals surface area contributed by atoms with Crippen LogP contribution in [0.5, 0.6) is 0 Å². The van der Waals surface area contributed by atoms with E-state index in [1.165, 1.54) is 5.56 Å². The number of carbonyl (C=O) groups is 1. The average Bonchev–Trinajstić information content (AvgIpc) is 2.72. The molecule has 4 heteroatoms. The number of carbonyl (C=O) groups excluding carboxylic acids is 1. The Kier molecular flexibility index (Phi) is 2.40. The minimum Gasteiger partial charge on any atom is -0.338 e. The maximum Gasteiger partial charge on any atom is 0.257 e. The van der Waals surface area contributed by atoms with Crippen molar-refractivity contribution in [3.05, 3.63) is 35.4 Å². The summed E-state index contributed by atoms with van der Waals surface area (Å²) >= 11 is 0. The molecule has 0 aromatic heterocycles. The molecule has 18 heavy (non-hydrogen) atoms. The summed E-state index contributed by atoms with van der Waals surface area (Å²) < 4.78 is 0. The van der Waals surface area contributed by atoms with E-state index in [4.69, 9.17) is 0 Å². The predicted molar refractivity (Wildman–Crippen MR) is 70.4 cm³/mol. The first kappa shape index (κ1) is 11.3. The van der Waals surface area contributed by atoms with Crippen LogP contribution in [-0.4, -0.2) is 18.9 Å². The van der Waals surface area contributed by atoms with E-state index < -0.39 is 5.54 Å². The van der Waals surface area contributed by atoms with E-state index in [1.807, 2.05) is 12.1 Å². The van der Waals surface area contributed by atoms with Crippen LogP contribution in [0.25, 0.3) is 0 Å². The van der Waals surface area contributed by atoms with E-state index in [9.17, 15) is 4.79 Å². The molecule has 1 fully saturated rings. The molecular formula is C14H17N3O. The number of nitrogens with one attached hydrogen (secondary N) is 2. The summed E-state index contributed by atoms with van der Waals surface area (Å²) in [5.74, 6) is 1.09. The molecule has 1 aliphatic carbocycles. The fourth-order valence-corrected chi connectivity index (χ4v) is 3.02. The molecule has 0 bridgehead atoms. The van der Waals surface area contributed by atoms with Crippen LogP contribution in [-0.2, 0) is 10.3 Å². The van der Waals surface area contributed by atoms with Gasteiger partial charge < -0.3 is 5.32 Å². The third-order valence-corrected chi connectivity index (χ3v) is 4.08. The van der Waals surface area contributed by atoms with Crippen LogP contribution in [0, 0.1) is 0 Å². The molecule has 3 rings (SSSR count). The van der Waals surface area contributed by atoms with Crippen molar-refractivity contribution in [3.8, 4) is 0 Å². The van der Waals surface area contributed by atoms with Gasteiger partial charge in [0.05, 0.1) is 0 Å². The molecule has 1 amide bonds. The molecule has 1 aromatic rings. The molecule has 2 aliphatic rings. The van der Waals surface area contributed by atoms with Gasteiger partial charge in [-0.15, -0.1) is 0 Å². The molecule has 0 radical (unpaired) electrons. The summed E-state index contributed by atoms with van der Waals surface area (Å²) in [6.45, 7) is 2.22. The number of aliphatic imine (C=N–C) groups is 1. The number of fused-ring (bicyclic) bond motifs is 2. The molecule has 1 spiro atoms. The minimum atomic E-state index is -0.613. The Morgan fingerprint density at radius 3 is 2.89 bits per heavy atom. The summed E-state index contributed by atoms with van der Waals surface area (Å²) in [5, 5.41) is 6.09. The number of amides is 1. The zero-order chi connectivity index (χ0) is 12.8. The molecule has 1 heterocycles. The number of nitrogens with zero attached hydrogens (tertiary/aromatic N) is 1. The highest BCUT2D eigenvalue weighted by Crippen LogP contribution is 2.42. The SMILES string of the molecule is CN=C1NC(=O)C2(CCC(C)c3ccccc32)N1. The lowest BCUT2D eigenvalue weighted by Gasteiger charge is -2.36. The van der Waals surface area contributed by atoms with Crippen LogP contribution >= 0.6 is 0 Å². The Labute approximate surface area is 106 Å². The third kappa shape index (κ3) is 1.38. The first-order chi connectivity index (χ1) is 8.67. The van der Waals surface area contributed by atoms with Gasteiger partial charge in [0.1, 0.15) is 5.54 Å². The first-order valence-electron chi connectivity index (χ1n) is 6.33. The maximum atomic E-state index is 12.3. The molecule has 94 valence electrons. The fourth-order valence-electron chi connectivity index (χ4n) is 3.02. The van der Waals surface area contributed by atoms with Gasteiger partial charge in [0.25, 0.3) is 5.91 Å². The molecule has 2 atom stereocenters. The number of guanidine groups is 1. The second-order valence-electron chi connectivity index (χ2n) is 5.08. The van der Waals surface area contributed by atoms with Crippen molar-refractivity contribution in [3.63, 3.8) is 0 Å². The summed E-state index contributed by atoms with van der Waals surface area (Å²) in [6, 6.07) is 8.21. The summed E-state index contributed by atoms with van der Waals surface area (Å²) in [5.41, 5.74) is 1.75. The fraction of sp³-hybridized carbons (Fsp3) is 0.429. The second kappa shape index (κ2) is 3.83. The number of hydrogen-bond donors (Lipinski definition) is 2.